The Hall–Kier alpha value is -2.89. The molecule has 1 saturated heterocycles. The molecular weight excluding hydrogens is 388 g/mol. The normalized spacial score (nSPS) is 18.6. The van der Waals surface area contributed by atoms with Crippen LogP contribution in [0.5, 0.6) is 5.75 Å². The SMILES string of the molecule is Cc1ccc(C)c(COc2coc(C[NH+]3CC[NH+](Cc4ccccc4)CC3)cc2=O)c1. The summed E-state index contributed by atoms with van der Waals surface area (Å²) in [7, 11) is 0. The molecule has 2 aromatic carbocycles. The lowest BCUT2D eigenvalue weighted by Gasteiger charge is -2.29. The summed E-state index contributed by atoms with van der Waals surface area (Å²) in [6.07, 6.45) is 1.47. The number of rotatable bonds is 7. The Morgan fingerprint density at radius 3 is 2.32 bits per heavy atom. The third-order valence-corrected chi connectivity index (χ3v) is 6.13. The Labute approximate surface area is 183 Å². The van der Waals surface area contributed by atoms with Crippen LogP contribution in [0.2, 0.25) is 0 Å². The number of aryl methyl sites for hydroxylation is 2. The summed E-state index contributed by atoms with van der Waals surface area (Å²) in [5.74, 6) is 1.00. The minimum absolute atomic E-state index is 0.112. The number of piperazine rings is 1. The van der Waals surface area contributed by atoms with E-state index in [1.54, 1.807) is 11.0 Å². The largest absolute Gasteiger partial charge is 0.482 e. The second-order valence-electron chi connectivity index (χ2n) is 8.63. The molecule has 0 aliphatic carbocycles. The van der Waals surface area contributed by atoms with Gasteiger partial charge in [0.05, 0.1) is 0 Å². The fraction of sp³-hybridized carbons (Fsp3) is 0.346. The Kier molecular flexibility index (Phi) is 6.85. The van der Waals surface area contributed by atoms with Crippen LogP contribution in [0.4, 0.5) is 0 Å². The van der Waals surface area contributed by atoms with Crippen LogP contribution in [-0.2, 0) is 19.7 Å². The van der Waals surface area contributed by atoms with Gasteiger partial charge in [-0.25, -0.2) is 0 Å². The Bertz CT molecular complexity index is 1050. The first kappa shape index (κ1) is 21.3. The zero-order valence-corrected chi connectivity index (χ0v) is 18.4. The zero-order chi connectivity index (χ0) is 21.6. The molecule has 2 N–H and O–H groups in total. The lowest BCUT2D eigenvalue weighted by molar-refractivity contribution is -1.02. The second-order valence-corrected chi connectivity index (χ2v) is 8.63. The minimum atomic E-state index is -0.112. The fourth-order valence-corrected chi connectivity index (χ4v) is 4.19. The first-order valence-corrected chi connectivity index (χ1v) is 11.1. The molecule has 1 aliphatic rings. The average Bonchev–Trinajstić information content (AvgIpc) is 2.77. The number of quaternary nitrogens is 2. The van der Waals surface area contributed by atoms with E-state index in [9.17, 15) is 4.79 Å². The highest BCUT2D eigenvalue weighted by molar-refractivity contribution is 5.30. The van der Waals surface area contributed by atoms with Gasteiger partial charge in [-0.3, -0.25) is 4.79 Å². The molecule has 1 aliphatic heterocycles. The number of nitrogens with one attached hydrogen (secondary N) is 2. The molecule has 2 heterocycles. The summed E-state index contributed by atoms with van der Waals surface area (Å²) in [5.41, 5.74) is 4.70. The average molecular weight is 421 g/mol. The Morgan fingerprint density at radius 1 is 0.903 bits per heavy atom. The number of ether oxygens (including phenoxy) is 1. The topological polar surface area (TPSA) is 48.3 Å². The molecule has 0 bridgehead atoms. The molecule has 0 radical (unpaired) electrons. The maximum atomic E-state index is 12.5. The van der Waals surface area contributed by atoms with E-state index in [1.807, 2.05) is 6.92 Å². The van der Waals surface area contributed by atoms with E-state index in [-0.39, 0.29) is 11.2 Å². The molecule has 162 valence electrons. The summed E-state index contributed by atoms with van der Waals surface area (Å²) in [6, 6.07) is 18.5. The number of hydrogen-bond donors (Lipinski definition) is 2. The van der Waals surface area contributed by atoms with Crippen LogP contribution in [0.1, 0.15) is 28.0 Å². The molecule has 5 nitrogen and oxygen atoms in total. The predicted molar refractivity (Wildman–Crippen MR) is 120 cm³/mol. The maximum Gasteiger partial charge on any atom is 0.227 e. The van der Waals surface area contributed by atoms with Gasteiger partial charge in [-0.15, -0.1) is 0 Å². The molecule has 0 atom stereocenters. The Balaban J connectivity index is 1.29. The third-order valence-electron chi connectivity index (χ3n) is 6.13. The molecular formula is C26H32N2O3+2. The number of hydrogen-bond acceptors (Lipinski definition) is 3. The second kappa shape index (κ2) is 9.94. The van der Waals surface area contributed by atoms with Crippen molar-refractivity contribution >= 4 is 0 Å². The smallest absolute Gasteiger partial charge is 0.227 e. The van der Waals surface area contributed by atoms with Crippen molar-refractivity contribution in [1.82, 2.24) is 0 Å². The molecule has 1 aromatic heterocycles. The highest BCUT2D eigenvalue weighted by Crippen LogP contribution is 2.14. The molecule has 5 heteroatoms. The Morgan fingerprint density at radius 2 is 1.61 bits per heavy atom. The molecule has 1 fully saturated rings. The summed E-state index contributed by atoms with van der Waals surface area (Å²) in [6.45, 7) is 10.7. The summed E-state index contributed by atoms with van der Waals surface area (Å²) >= 11 is 0. The molecule has 31 heavy (non-hydrogen) atoms. The van der Waals surface area contributed by atoms with E-state index in [0.29, 0.717) is 6.61 Å². The third kappa shape index (κ3) is 5.84. The van der Waals surface area contributed by atoms with E-state index in [2.05, 4.69) is 55.5 Å². The van der Waals surface area contributed by atoms with Crippen molar-refractivity contribution in [3.05, 3.63) is 99.1 Å². The van der Waals surface area contributed by atoms with E-state index in [4.69, 9.17) is 9.15 Å². The van der Waals surface area contributed by atoms with Crippen molar-refractivity contribution < 1.29 is 19.0 Å². The van der Waals surface area contributed by atoms with Crippen molar-refractivity contribution in [2.24, 2.45) is 0 Å². The highest BCUT2D eigenvalue weighted by Gasteiger charge is 2.24. The van der Waals surface area contributed by atoms with Gasteiger partial charge in [0.1, 0.15) is 52.1 Å². The number of benzene rings is 2. The van der Waals surface area contributed by atoms with Gasteiger partial charge >= 0.3 is 0 Å². The van der Waals surface area contributed by atoms with Gasteiger partial charge in [0.2, 0.25) is 11.2 Å². The van der Waals surface area contributed by atoms with Crippen molar-refractivity contribution in [2.75, 3.05) is 26.2 Å². The predicted octanol–water partition coefficient (Wildman–Crippen LogP) is 1.32. The molecule has 0 saturated carbocycles. The maximum absolute atomic E-state index is 12.5. The quantitative estimate of drug-likeness (QED) is 0.606. The lowest BCUT2D eigenvalue weighted by atomic mass is 10.1. The van der Waals surface area contributed by atoms with Gasteiger partial charge in [-0.2, -0.15) is 0 Å². The molecule has 4 rings (SSSR count). The molecule has 0 amide bonds. The fourth-order valence-electron chi connectivity index (χ4n) is 4.19. The van der Waals surface area contributed by atoms with Gasteiger partial charge in [-0.05, 0) is 25.0 Å². The van der Waals surface area contributed by atoms with Gasteiger partial charge in [0.25, 0.3) is 0 Å². The van der Waals surface area contributed by atoms with E-state index in [1.165, 1.54) is 22.3 Å². The van der Waals surface area contributed by atoms with Gasteiger partial charge < -0.3 is 19.0 Å². The van der Waals surface area contributed by atoms with Crippen LogP contribution in [0.15, 0.2) is 70.1 Å². The van der Waals surface area contributed by atoms with Gasteiger partial charge in [0.15, 0.2) is 5.76 Å². The van der Waals surface area contributed by atoms with E-state index >= 15 is 0 Å². The van der Waals surface area contributed by atoms with Crippen molar-refractivity contribution in [1.29, 1.82) is 0 Å². The highest BCUT2D eigenvalue weighted by atomic mass is 16.5. The van der Waals surface area contributed by atoms with E-state index in [0.717, 1.165) is 56.2 Å². The van der Waals surface area contributed by atoms with Crippen LogP contribution in [0, 0.1) is 13.8 Å². The summed E-state index contributed by atoms with van der Waals surface area (Å²) < 4.78 is 11.5. The first-order chi connectivity index (χ1) is 15.1. The standard InChI is InChI=1S/C26H30N2O3/c1-20-8-9-21(2)23(14-20)18-31-26-19-30-24(15-25(26)29)17-28-12-10-27(11-13-28)16-22-6-4-3-5-7-22/h3-9,14-15,19H,10-13,16-18H2,1-2H3/p+2. The lowest BCUT2D eigenvalue weighted by Crippen LogP contribution is -3.27. The minimum Gasteiger partial charge on any atom is -0.482 e. The van der Waals surface area contributed by atoms with Crippen molar-refractivity contribution in [3.8, 4) is 5.75 Å². The van der Waals surface area contributed by atoms with Crippen molar-refractivity contribution in [2.45, 2.75) is 33.5 Å². The van der Waals surface area contributed by atoms with Crippen LogP contribution in [0.3, 0.4) is 0 Å². The van der Waals surface area contributed by atoms with Crippen LogP contribution in [-0.4, -0.2) is 26.2 Å². The first-order valence-electron chi connectivity index (χ1n) is 11.1. The van der Waals surface area contributed by atoms with Crippen LogP contribution in [0.25, 0.3) is 0 Å². The van der Waals surface area contributed by atoms with Gasteiger partial charge in [0, 0.05) is 11.6 Å². The zero-order valence-electron chi connectivity index (χ0n) is 18.4. The van der Waals surface area contributed by atoms with E-state index < -0.39 is 0 Å². The van der Waals surface area contributed by atoms with Crippen molar-refractivity contribution in [3.63, 3.8) is 0 Å². The monoisotopic (exact) mass is 420 g/mol. The summed E-state index contributed by atoms with van der Waals surface area (Å²) in [4.78, 5) is 15.6. The van der Waals surface area contributed by atoms with Crippen LogP contribution >= 0.6 is 0 Å². The molecule has 3 aromatic rings. The molecule has 0 unspecified atom stereocenters. The van der Waals surface area contributed by atoms with Gasteiger partial charge in [-0.1, -0.05) is 54.1 Å². The molecule has 0 spiro atoms. The van der Waals surface area contributed by atoms with Crippen LogP contribution < -0.4 is 20.0 Å². The summed E-state index contributed by atoms with van der Waals surface area (Å²) in [5, 5.41) is 0.